The SMILES string of the molecule is CC(CO)C(C)NS(=O)(=O)c1ccc(C(=O)O)cc1N. The number of sulfonamides is 1. The largest absolute Gasteiger partial charge is 0.478 e. The lowest BCUT2D eigenvalue weighted by molar-refractivity contribution is 0.0697. The molecule has 0 aromatic heterocycles. The third kappa shape index (κ3) is 3.69. The standard InChI is InChI=1S/C12H18N2O5S/c1-7(6-15)8(2)14-20(18,19)11-4-3-9(12(16)17)5-10(11)13/h3-5,7-8,14-15H,6,13H2,1-2H3,(H,16,17). The summed E-state index contributed by atoms with van der Waals surface area (Å²) in [4.78, 5) is 10.6. The molecule has 0 amide bonds. The van der Waals surface area contributed by atoms with Crippen molar-refractivity contribution < 1.29 is 23.4 Å². The molecule has 5 N–H and O–H groups in total. The molecule has 2 atom stereocenters. The number of hydrogen-bond acceptors (Lipinski definition) is 5. The van der Waals surface area contributed by atoms with E-state index in [1.807, 2.05) is 0 Å². The van der Waals surface area contributed by atoms with Gasteiger partial charge in [0.25, 0.3) is 0 Å². The number of nitrogens with one attached hydrogen (secondary N) is 1. The monoisotopic (exact) mass is 302 g/mol. The number of anilines is 1. The zero-order chi connectivity index (χ0) is 15.5. The number of benzene rings is 1. The van der Waals surface area contributed by atoms with Gasteiger partial charge in [-0.2, -0.15) is 0 Å². The van der Waals surface area contributed by atoms with Crippen LogP contribution < -0.4 is 10.5 Å². The topological polar surface area (TPSA) is 130 Å². The number of hydrogen-bond donors (Lipinski definition) is 4. The summed E-state index contributed by atoms with van der Waals surface area (Å²) in [6.45, 7) is 3.17. The van der Waals surface area contributed by atoms with Crippen molar-refractivity contribution >= 4 is 21.7 Å². The first kappa shape index (κ1) is 16.4. The van der Waals surface area contributed by atoms with Crippen molar-refractivity contribution in [3.05, 3.63) is 23.8 Å². The number of nitrogen functional groups attached to an aromatic ring is 1. The van der Waals surface area contributed by atoms with Crippen molar-refractivity contribution in [1.82, 2.24) is 4.72 Å². The number of rotatable bonds is 6. The number of carboxylic acids is 1. The molecule has 0 fully saturated rings. The van der Waals surface area contributed by atoms with E-state index in [1.165, 1.54) is 6.07 Å². The summed E-state index contributed by atoms with van der Waals surface area (Å²) in [7, 11) is -3.87. The van der Waals surface area contributed by atoms with Crippen LogP contribution in [0, 0.1) is 5.92 Å². The maximum absolute atomic E-state index is 12.1. The first-order valence-electron chi connectivity index (χ1n) is 5.95. The van der Waals surface area contributed by atoms with Crippen LogP contribution in [0.25, 0.3) is 0 Å². The van der Waals surface area contributed by atoms with E-state index in [2.05, 4.69) is 4.72 Å². The Kier molecular flexibility index (Phi) is 5.09. The highest BCUT2D eigenvalue weighted by Crippen LogP contribution is 2.20. The van der Waals surface area contributed by atoms with Crippen LogP contribution in [-0.2, 0) is 10.0 Å². The molecule has 0 aliphatic rings. The van der Waals surface area contributed by atoms with Crippen molar-refractivity contribution in [2.75, 3.05) is 12.3 Å². The van der Waals surface area contributed by atoms with Crippen LogP contribution in [-0.4, -0.2) is 37.2 Å². The van der Waals surface area contributed by atoms with Gasteiger partial charge in [0.05, 0.1) is 11.3 Å². The Labute approximate surface area is 117 Å². The van der Waals surface area contributed by atoms with E-state index in [0.717, 1.165) is 12.1 Å². The minimum atomic E-state index is -3.87. The van der Waals surface area contributed by atoms with Crippen LogP contribution in [0.2, 0.25) is 0 Å². The fraction of sp³-hybridized carbons (Fsp3) is 0.417. The van der Waals surface area contributed by atoms with E-state index >= 15 is 0 Å². The van der Waals surface area contributed by atoms with Gasteiger partial charge in [-0.05, 0) is 31.0 Å². The zero-order valence-corrected chi connectivity index (χ0v) is 12.0. The van der Waals surface area contributed by atoms with Crippen molar-refractivity contribution in [2.45, 2.75) is 24.8 Å². The predicted octanol–water partition coefficient (Wildman–Crippen LogP) is 0.262. The summed E-state index contributed by atoms with van der Waals surface area (Å²) < 4.78 is 26.7. The number of aliphatic hydroxyl groups excluding tert-OH is 1. The molecule has 0 radical (unpaired) electrons. The van der Waals surface area contributed by atoms with Crippen LogP contribution in [0.4, 0.5) is 5.69 Å². The van der Waals surface area contributed by atoms with Gasteiger partial charge >= 0.3 is 5.97 Å². The highest BCUT2D eigenvalue weighted by atomic mass is 32.2. The Morgan fingerprint density at radius 2 is 2.00 bits per heavy atom. The summed E-state index contributed by atoms with van der Waals surface area (Å²) in [6, 6.07) is 2.94. The molecule has 0 saturated carbocycles. The zero-order valence-electron chi connectivity index (χ0n) is 11.2. The second-order valence-corrected chi connectivity index (χ2v) is 6.31. The Hall–Kier alpha value is -1.64. The number of carboxylic acid groups (broad SMARTS) is 1. The van der Waals surface area contributed by atoms with E-state index in [-0.39, 0.29) is 28.7 Å². The molecule has 1 rings (SSSR count). The fourth-order valence-corrected chi connectivity index (χ4v) is 2.97. The molecule has 1 aromatic rings. The van der Waals surface area contributed by atoms with E-state index in [0.29, 0.717) is 0 Å². The minimum Gasteiger partial charge on any atom is -0.478 e. The number of aliphatic hydroxyl groups is 1. The number of aromatic carboxylic acids is 1. The molecule has 8 heteroatoms. The average Bonchev–Trinajstić information content (AvgIpc) is 2.36. The molecule has 20 heavy (non-hydrogen) atoms. The van der Waals surface area contributed by atoms with Crippen molar-refractivity contribution in [2.24, 2.45) is 5.92 Å². The molecular weight excluding hydrogens is 284 g/mol. The van der Waals surface area contributed by atoms with Gasteiger partial charge < -0.3 is 15.9 Å². The molecule has 1 aromatic carbocycles. The van der Waals surface area contributed by atoms with E-state index in [1.54, 1.807) is 13.8 Å². The Bertz CT molecular complexity index is 600. The molecule has 0 aliphatic carbocycles. The predicted molar refractivity (Wildman–Crippen MR) is 73.8 cm³/mol. The van der Waals surface area contributed by atoms with Crippen LogP contribution in [0.3, 0.4) is 0 Å². The lowest BCUT2D eigenvalue weighted by Crippen LogP contribution is -2.38. The maximum atomic E-state index is 12.1. The Morgan fingerprint density at radius 3 is 2.45 bits per heavy atom. The van der Waals surface area contributed by atoms with Crippen LogP contribution >= 0.6 is 0 Å². The first-order valence-corrected chi connectivity index (χ1v) is 7.43. The van der Waals surface area contributed by atoms with Gasteiger partial charge in [-0.1, -0.05) is 6.92 Å². The Balaban J connectivity index is 3.07. The normalized spacial score (nSPS) is 14.8. The lowest BCUT2D eigenvalue weighted by atomic mass is 10.1. The quantitative estimate of drug-likeness (QED) is 0.558. The molecule has 7 nitrogen and oxygen atoms in total. The third-order valence-corrected chi connectivity index (χ3v) is 4.66. The summed E-state index contributed by atoms with van der Waals surface area (Å²) in [5, 5.41) is 17.8. The molecule has 0 bridgehead atoms. The number of nitrogens with two attached hydrogens (primary N) is 1. The van der Waals surface area contributed by atoms with Gasteiger partial charge in [-0.15, -0.1) is 0 Å². The van der Waals surface area contributed by atoms with Crippen molar-refractivity contribution in [3.63, 3.8) is 0 Å². The molecular formula is C12H18N2O5S. The summed E-state index contributed by atoms with van der Waals surface area (Å²) in [5.74, 6) is -1.44. The summed E-state index contributed by atoms with van der Waals surface area (Å²) >= 11 is 0. The molecule has 0 heterocycles. The van der Waals surface area contributed by atoms with Gasteiger partial charge in [-0.3, -0.25) is 0 Å². The van der Waals surface area contributed by atoms with Crippen LogP contribution in [0.5, 0.6) is 0 Å². The fourth-order valence-electron chi connectivity index (χ4n) is 1.51. The molecule has 112 valence electrons. The van der Waals surface area contributed by atoms with Crippen molar-refractivity contribution in [3.8, 4) is 0 Å². The lowest BCUT2D eigenvalue weighted by Gasteiger charge is -2.19. The summed E-state index contributed by atoms with van der Waals surface area (Å²) in [5.41, 5.74) is 5.38. The van der Waals surface area contributed by atoms with Gasteiger partial charge in [-0.25, -0.2) is 17.9 Å². The van der Waals surface area contributed by atoms with Crippen LogP contribution in [0.15, 0.2) is 23.1 Å². The smallest absolute Gasteiger partial charge is 0.335 e. The average molecular weight is 302 g/mol. The van der Waals surface area contributed by atoms with E-state index in [9.17, 15) is 13.2 Å². The van der Waals surface area contributed by atoms with E-state index in [4.69, 9.17) is 15.9 Å². The summed E-state index contributed by atoms with van der Waals surface area (Å²) in [6.07, 6.45) is 0. The van der Waals surface area contributed by atoms with Gasteiger partial charge in [0.1, 0.15) is 4.90 Å². The number of carbonyl (C=O) groups is 1. The maximum Gasteiger partial charge on any atom is 0.335 e. The molecule has 0 aliphatic heterocycles. The highest BCUT2D eigenvalue weighted by Gasteiger charge is 2.23. The third-order valence-electron chi connectivity index (χ3n) is 3.03. The van der Waals surface area contributed by atoms with Gasteiger partial charge in [0.2, 0.25) is 10.0 Å². The molecule has 2 unspecified atom stereocenters. The molecule has 0 saturated heterocycles. The molecule has 0 spiro atoms. The van der Waals surface area contributed by atoms with E-state index < -0.39 is 22.0 Å². The second-order valence-electron chi connectivity index (χ2n) is 4.63. The van der Waals surface area contributed by atoms with Crippen molar-refractivity contribution in [1.29, 1.82) is 0 Å². The highest BCUT2D eigenvalue weighted by molar-refractivity contribution is 7.89. The second kappa shape index (κ2) is 6.21. The van der Waals surface area contributed by atoms with Gasteiger partial charge in [0, 0.05) is 12.6 Å². The first-order chi connectivity index (χ1) is 9.19. The van der Waals surface area contributed by atoms with Gasteiger partial charge in [0.15, 0.2) is 0 Å². The minimum absolute atomic E-state index is 0.0850. The Morgan fingerprint density at radius 1 is 1.40 bits per heavy atom. The van der Waals surface area contributed by atoms with Crippen LogP contribution in [0.1, 0.15) is 24.2 Å².